The molecule has 7 nitrogen and oxygen atoms in total. The standard InChI is InChI=1S/C8H11N5O2/c1-12-10-7(9-11-12)6-4-2-13(8(14)15)3-5(4)6/h4-6H,2-3H2,1H3,(H,14,15)/t4-,5+,6?. The van der Waals surface area contributed by atoms with E-state index in [0.717, 1.165) is 5.82 Å². The average Bonchev–Trinajstić information content (AvgIpc) is 2.62. The molecule has 3 atom stereocenters. The number of piperidine rings is 1. The molecule has 0 radical (unpaired) electrons. The number of hydrogen-bond donors (Lipinski definition) is 1. The van der Waals surface area contributed by atoms with Crippen molar-refractivity contribution >= 4 is 6.09 Å². The first-order valence-electron chi connectivity index (χ1n) is 4.88. The Bertz CT molecular complexity index is 405. The van der Waals surface area contributed by atoms with Crippen LogP contribution in [0.15, 0.2) is 0 Å². The maximum atomic E-state index is 10.7. The molecule has 2 fully saturated rings. The second-order valence-corrected chi connectivity index (χ2v) is 4.18. The van der Waals surface area contributed by atoms with Crippen LogP contribution in [0.3, 0.4) is 0 Å². The van der Waals surface area contributed by atoms with E-state index in [4.69, 9.17) is 5.11 Å². The first kappa shape index (κ1) is 8.63. The van der Waals surface area contributed by atoms with Crippen molar-refractivity contribution in [1.82, 2.24) is 25.1 Å². The van der Waals surface area contributed by atoms with Crippen LogP contribution in [-0.2, 0) is 7.05 Å². The predicted octanol–water partition coefficient (Wildman–Crippen LogP) is -0.467. The van der Waals surface area contributed by atoms with Crippen LogP contribution < -0.4 is 0 Å². The molecule has 1 aromatic heterocycles. The summed E-state index contributed by atoms with van der Waals surface area (Å²) in [6, 6.07) is 0. The van der Waals surface area contributed by atoms with Crippen LogP contribution in [0, 0.1) is 11.8 Å². The van der Waals surface area contributed by atoms with Gasteiger partial charge in [0.2, 0.25) is 0 Å². The van der Waals surface area contributed by atoms with Crippen LogP contribution in [0.4, 0.5) is 4.79 Å². The van der Waals surface area contributed by atoms with Crippen LogP contribution in [0.2, 0.25) is 0 Å². The van der Waals surface area contributed by atoms with E-state index in [1.807, 2.05) is 0 Å². The zero-order valence-electron chi connectivity index (χ0n) is 8.24. The number of carboxylic acid groups (broad SMARTS) is 1. The van der Waals surface area contributed by atoms with Gasteiger partial charge >= 0.3 is 6.09 Å². The molecular formula is C8H11N5O2. The van der Waals surface area contributed by atoms with Crippen molar-refractivity contribution in [3.8, 4) is 0 Å². The molecule has 1 N–H and O–H groups in total. The fourth-order valence-electron chi connectivity index (χ4n) is 2.50. The minimum Gasteiger partial charge on any atom is -0.465 e. The smallest absolute Gasteiger partial charge is 0.407 e. The molecule has 2 aliphatic rings. The number of fused-ring (bicyclic) bond motifs is 1. The molecule has 2 heterocycles. The number of likely N-dealkylation sites (tertiary alicyclic amines) is 1. The van der Waals surface area contributed by atoms with Crippen LogP contribution >= 0.6 is 0 Å². The minimum absolute atomic E-state index is 0.328. The van der Waals surface area contributed by atoms with Gasteiger partial charge in [0.15, 0.2) is 5.82 Å². The SMILES string of the molecule is Cn1nnc(C2[C@H]3CN(C(=O)O)C[C@@H]23)n1. The zero-order chi connectivity index (χ0) is 10.6. The monoisotopic (exact) mass is 209 g/mol. The summed E-state index contributed by atoms with van der Waals surface area (Å²) in [6.07, 6.45) is -0.826. The highest BCUT2D eigenvalue weighted by atomic mass is 16.4. The van der Waals surface area contributed by atoms with Crippen molar-refractivity contribution in [3.63, 3.8) is 0 Å². The molecule has 1 aromatic rings. The van der Waals surface area contributed by atoms with Crippen LogP contribution in [0.5, 0.6) is 0 Å². The molecule has 1 saturated heterocycles. The number of hydrogen-bond acceptors (Lipinski definition) is 4. The third-order valence-corrected chi connectivity index (χ3v) is 3.29. The van der Waals surface area contributed by atoms with Crippen molar-refractivity contribution in [3.05, 3.63) is 5.82 Å². The summed E-state index contributed by atoms with van der Waals surface area (Å²) >= 11 is 0. The van der Waals surface area contributed by atoms with Gasteiger partial charge < -0.3 is 10.0 Å². The molecule has 1 amide bonds. The summed E-state index contributed by atoms with van der Waals surface area (Å²) in [5.41, 5.74) is 0. The Morgan fingerprint density at radius 1 is 1.47 bits per heavy atom. The molecule has 1 aliphatic heterocycles. The molecular weight excluding hydrogens is 198 g/mol. The fraction of sp³-hybridized carbons (Fsp3) is 0.750. The highest BCUT2D eigenvalue weighted by Gasteiger charge is 2.59. The average molecular weight is 209 g/mol. The Labute approximate surface area is 85.7 Å². The quantitative estimate of drug-likeness (QED) is 0.676. The number of rotatable bonds is 1. The summed E-state index contributed by atoms with van der Waals surface area (Å²) < 4.78 is 0. The lowest BCUT2D eigenvalue weighted by molar-refractivity contribution is 0.150. The maximum Gasteiger partial charge on any atom is 0.407 e. The lowest BCUT2D eigenvalue weighted by Gasteiger charge is -2.14. The van der Waals surface area contributed by atoms with Gasteiger partial charge in [-0.15, -0.1) is 10.2 Å². The minimum atomic E-state index is -0.826. The Hall–Kier alpha value is -1.66. The topological polar surface area (TPSA) is 84.1 Å². The molecule has 1 aliphatic carbocycles. The molecule has 0 bridgehead atoms. The summed E-state index contributed by atoms with van der Waals surface area (Å²) in [4.78, 5) is 13.6. The van der Waals surface area contributed by atoms with E-state index in [1.165, 1.54) is 9.70 Å². The Balaban J connectivity index is 1.70. The van der Waals surface area contributed by atoms with Crippen LogP contribution in [0.1, 0.15) is 11.7 Å². The number of amides is 1. The summed E-state index contributed by atoms with van der Waals surface area (Å²) in [5, 5.41) is 20.7. The van der Waals surface area contributed by atoms with E-state index in [9.17, 15) is 4.79 Å². The maximum absolute atomic E-state index is 10.7. The van der Waals surface area contributed by atoms with Gasteiger partial charge in [-0.1, -0.05) is 0 Å². The van der Waals surface area contributed by atoms with E-state index in [-0.39, 0.29) is 0 Å². The largest absolute Gasteiger partial charge is 0.465 e. The summed E-state index contributed by atoms with van der Waals surface area (Å²) in [7, 11) is 1.73. The summed E-state index contributed by atoms with van der Waals surface area (Å²) in [6.45, 7) is 1.23. The highest BCUT2D eigenvalue weighted by molar-refractivity contribution is 5.66. The van der Waals surface area contributed by atoms with E-state index in [1.54, 1.807) is 7.05 Å². The van der Waals surface area contributed by atoms with Gasteiger partial charge in [-0.05, 0) is 17.0 Å². The third-order valence-electron chi connectivity index (χ3n) is 3.29. The Morgan fingerprint density at radius 2 is 2.13 bits per heavy atom. The van der Waals surface area contributed by atoms with Crippen LogP contribution in [0.25, 0.3) is 0 Å². The fourth-order valence-corrected chi connectivity index (χ4v) is 2.50. The lowest BCUT2D eigenvalue weighted by Crippen LogP contribution is -2.29. The van der Waals surface area contributed by atoms with E-state index in [0.29, 0.717) is 30.8 Å². The van der Waals surface area contributed by atoms with Gasteiger partial charge in [0.1, 0.15) is 0 Å². The van der Waals surface area contributed by atoms with Crippen molar-refractivity contribution in [1.29, 1.82) is 0 Å². The second-order valence-electron chi connectivity index (χ2n) is 4.18. The van der Waals surface area contributed by atoms with E-state index in [2.05, 4.69) is 15.4 Å². The van der Waals surface area contributed by atoms with Crippen molar-refractivity contribution < 1.29 is 9.90 Å². The zero-order valence-corrected chi connectivity index (χ0v) is 8.24. The normalized spacial score (nSPS) is 32.9. The van der Waals surface area contributed by atoms with Gasteiger partial charge in [-0.3, -0.25) is 0 Å². The summed E-state index contributed by atoms with van der Waals surface area (Å²) in [5.74, 6) is 1.91. The van der Waals surface area contributed by atoms with Gasteiger partial charge in [-0.25, -0.2) is 4.79 Å². The molecule has 7 heteroatoms. The molecule has 1 saturated carbocycles. The molecule has 80 valence electrons. The van der Waals surface area contributed by atoms with Gasteiger partial charge in [0, 0.05) is 19.0 Å². The van der Waals surface area contributed by atoms with Crippen molar-refractivity contribution in [2.24, 2.45) is 18.9 Å². The number of aromatic nitrogens is 4. The Morgan fingerprint density at radius 3 is 2.60 bits per heavy atom. The highest BCUT2D eigenvalue weighted by Crippen LogP contribution is 2.56. The Kier molecular flexibility index (Phi) is 1.54. The molecule has 1 unspecified atom stereocenters. The number of carbonyl (C=O) groups is 1. The van der Waals surface area contributed by atoms with Gasteiger partial charge in [-0.2, -0.15) is 4.80 Å². The predicted molar refractivity (Wildman–Crippen MR) is 48.1 cm³/mol. The van der Waals surface area contributed by atoms with E-state index < -0.39 is 6.09 Å². The molecule has 3 rings (SSSR count). The first-order chi connectivity index (χ1) is 7.16. The van der Waals surface area contributed by atoms with Crippen molar-refractivity contribution in [2.45, 2.75) is 5.92 Å². The van der Waals surface area contributed by atoms with Crippen molar-refractivity contribution in [2.75, 3.05) is 13.1 Å². The lowest BCUT2D eigenvalue weighted by atomic mass is 10.2. The molecule has 0 spiro atoms. The molecule has 0 aromatic carbocycles. The number of nitrogens with zero attached hydrogens (tertiary/aromatic N) is 5. The number of aryl methyl sites for hydroxylation is 1. The second kappa shape index (κ2) is 2.68. The first-order valence-corrected chi connectivity index (χ1v) is 4.88. The van der Waals surface area contributed by atoms with E-state index >= 15 is 0 Å². The van der Waals surface area contributed by atoms with Crippen LogP contribution in [-0.4, -0.2) is 49.4 Å². The van der Waals surface area contributed by atoms with Gasteiger partial charge in [0.25, 0.3) is 0 Å². The molecule has 15 heavy (non-hydrogen) atoms. The number of tetrazole rings is 1. The van der Waals surface area contributed by atoms with Gasteiger partial charge in [0.05, 0.1) is 7.05 Å². The third kappa shape index (κ3) is 1.19.